The minimum atomic E-state index is -1.24. The number of aryl methyl sites for hydroxylation is 2. The number of nitrogens with zero attached hydrogens (tertiary/aromatic N) is 1. The third-order valence-corrected chi connectivity index (χ3v) is 5.51. The Balaban J connectivity index is 1.79. The van der Waals surface area contributed by atoms with Gasteiger partial charge < -0.3 is 10.6 Å². The lowest BCUT2D eigenvalue weighted by Crippen LogP contribution is -2.42. The third-order valence-electron chi connectivity index (χ3n) is 5.26. The molecule has 0 saturated carbocycles. The van der Waals surface area contributed by atoms with E-state index in [2.05, 4.69) is 10.6 Å². The van der Waals surface area contributed by atoms with Crippen molar-refractivity contribution in [2.75, 3.05) is 11.9 Å². The number of carbonyl (C=O) groups excluding carboxylic acids is 3. The molecule has 1 saturated heterocycles. The van der Waals surface area contributed by atoms with Crippen molar-refractivity contribution >= 4 is 35.1 Å². The zero-order valence-corrected chi connectivity index (χ0v) is 17.5. The van der Waals surface area contributed by atoms with Gasteiger partial charge in [0.2, 0.25) is 5.91 Å². The van der Waals surface area contributed by atoms with Crippen LogP contribution in [0.25, 0.3) is 0 Å². The topological polar surface area (TPSA) is 78.5 Å². The summed E-state index contributed by atoms with van der Waals surface area (Å²) in [7, 11) is 0. The number of amides is 4. The maximum Gasteiger partial charge on any atom is 0.325 e. The molecule has 0 spiro atoms. The van der Waals surface area contributed by atoms with Crippen molar-refractivity contribution in [1.29, 1.82) is 0 Å². The lowest BCUT2D eigenvalue weighted by molar-refractivity contribution is -0.133. The summed E-state index contributed by atoms with van der Waals surface area (Å²) in [5, 5.41) is 6.12. The van der Waals surface area contributed by atoms with E-state index >= 15 is 0 Å². The molecule has 1 aliphatic heterocycles. The molecular formula is C22H24ClN3O3. The average Bonchev–Trinajstić information content (AvgIpc) is 2.92. The monoisotopic (exact) mass is 413 g/mol. The first-order valence-electron chi connectivity index (χ1n) is 9.61. The highest BCUT2D eigenvalue weighted by Crippen LogP contribution is 2.30. The molecule has 1 aliphatic rings. The first kappa shape index (κ1) is 20.9. The molecule has 6 nitrogen and oxygen atoms in total. The zero-order valence-electron chi connectivity index (χ0n) is 16.7. The molecule has 0 aromatic heterocycles. The Morgan fingerprint density at radius 2 is 1.66 bits per heavy atom. The first-order valence-corrected chi connectivity index (χ1v) is 9.98. The van der Waals surface area contributed by atoms with E-state index in [1.54, 1.807) is 31.2 Å². The van der Waals surface area contributed by atoms with Crippen molar-refractivity contribution in [3.05, 3.63) is 64.2 Å². The largest absolute Gasteiger partial charge is 0.325 e. The number of para-hydroxylation sites is 1. The maximum absolute atomic E-state index is 13.0. The Morgan fingerprint density at radius 1 is 1.07 bits per heavy atom. The molecule has 7 heteroatoms. The number of hydrogen-bond acceptors (Lipinski definition) is 3. The van der Waals surface area contributed by atoms with E-state index in [0.29, 0.717) is 10.6 Å². The van der Waals surface area contributed by atoms with Crippen molar-refractivity contribution in [2.45, 2.75) is 39.2 Å². The fourth-order valence-corrected chi connectivity index (χ4v) is 3.67. The number of urea groups is 1. The van der Waals surface area contributed by atoms with Gasteiger partial charge in [0.05, 0.1) is 0 Å². The molecule has 0 aliphatic carbocycles. The molecule has 4 amide bonds. The summed E-state index contributed by atoms with van der Waals surface area (Å²) in [5.41, 5.74) is 2.15. The van der Waals surface area contributed by atoms with Gasteiger partial charge in [-0.1, -0.05) is 55.8 Å². The van der Waals surface area contributed by atoms with Crippen LogP contribution in [0.4, 0.5) is 10.5 Å². The fraction of sp³-hybridized carbons (Fsp3) is 0.318. The molecule has 0 bridgehead atoms. The van der Waals surface area contributed by atoms with Crippen LogP contribution in [0, 0.1) is 0 Å². The van der Waals surface area contributed by atoms with Crippen molar-refractivity contribution in [3.8, 4) is 0 Å². The highest BCUT2D eigenvalue weighted by Gasteiger charge is 2.49. The Kier molecular flexibility index (Phi) is 5.94. The Morgan fingerprint density at radius 3 is 2.21 bits per heavy atom. The molecule has 2 aromatic carbocycles. The van der Waals surface area contributed by atoms with Crippen LogP contribution in [-0.2, 0) is 28.0 Å². The molecule has 152 valence electrons. The van der Waals surface area contributed by atoms with Crippen LogP contribution in [0.1, 0.15) is 37.5 Å². The summed E-state index contributed by atoms with van der Waals surface area (Å²) in [6, 6.07) is 12.0. The van der Waals surface area contributed by atoms with E-state index in [-0.39, 0.29) is 6.54 Å². The maximum atomic E-state index is 13.0. The van der Waals surface area contributed by atoms with E-state index in [1.807, 2.05) is 32.0 Å². The number of hydrogen-bond donors (Lipinski definition) is 2. The smallest absolute Gasteiger partial charge is 0.324 e. The van der Waals surface area contributed by atoms with E-state index in [4.69, 9.17) is 11.6 Å². The summed E-state index contributed by atoms with van der Waals surface area (Å²) >= 11 is 5.92. The third kappa shape index (κ3) is 3.98. The van der Waals surface area contributed by atoms with Gasteiger partial charge in [-0.15, -0.1) is 0 Å². The highest BCUT2D eigenvalue weighted by molar-refractivity contribution is 6.30. The first-order chi connectivity index (χ1) is 13.8. The van der Waals surface area contributed by atoms with Gasteiger partial charge >= 0.3 is 6.03 Å². The van der Waals surface area contributed by atoms with Gasteiger partial charge in [-0.05, 0) is 48.6 Å². The van der Waals surface area contributed by atoms with E-state index in [1.165, 1.54) is 0 Å². The number of imide groups is 1. The number of benzene rings is 2. The van der Waals surface area contributed by atoms with Crippen molar-refractivity contribution in [2.24, 2.45) is 0 Å². The van der Waals surface area contributed by atoms with Crippen LogP contribution in [0.5, 0.6) is 0 Å². The molecule has 0 radical (unpaired) electrons. The van der Waals surface area contributed by atoms with Gasteiger partial charge in [-0.3, -0.25) is 14.5 Å². The summed E-state index contributed by atoms with van der Waals surface area (Å²) in [6.45, 7) is 5.30. The van der Waals surface area contributed by atoms with Gasteiger partial charge in [-0.25, -0.2) is 4.79 Å². The molecular weight excluding hydrogens is 390 g/mol. The minimum absolute atomic E-state index is 0.352. The van der Waals surface area contributed by atoms with Gasteiger partial charge in [0.15, 0.2) is 0 Å². The number of carbonyl (C=O) groups is 3. The molecule has 29 heavy (non-hydrogen) atoms. The van der Waals surface area contributed by atoms with Crippen LogP contribution in [0.15, 0.2) is 42.5 Å². The van der Waals surface area contributed by atoms with Crippen LogP contribution in [0.3, 0.4) is 0 Å². The number of rotatable bonds is 6. The summed E-state index contributed by atoms with van der Waals surface area (Å²) in [4.78, 5) is 39.1. The average molecular weight is 414 g/mol. The summed E-state index contributed by atoms with van der Waals surface area (Å²) in [6.07, 6.45) is 1.53. The molecule has 2 N–H and O–H groups in total. The van der Waals surface area contributed by atoms with Gasteiger partial charge in [0.1, 0.15) is 12.1 Å². The Labute approximate surface area is 175 Å². The predicted octanol–water partition coefficient (Wildman–Crippen LogP) is 3.87. The molecule has 2 aromatic rings. The zero-order chi connectivity index (χ0) is 21.2. The fourth-order valence-electron chi connectivity index (χ4n) is 3.55. The normalized spacial score (nSPS) is 18.7. The second-order valence-electron chi connectivity index (χ2n) is 7.16. The quantitative estimate of drug-likeness (QED) is 0.705. The molecule has 1 fully saturated rings. The molecule has 1 unspecified atom stereocenters. The number of halogens is 1. The lowest BCUT2D eigenvalue weighted by atomic mass is 9.92. The van der Waals surface area contributed by atoms with Crippen molar-refractivity contribution in [3.63, 3.8) is 0 Å². The summed E-state index contributed by atoms with van der Waals surface area (Å²) < 4.78 is 0. The second kappa shape index (κ2) is 8.25. The Hall–Kier alpha value is -2.86. The van der Waals surface area contributed by atoms with Crippen molar-refractivity contribution in [1.82, 2.24) is 10.2 Å². The standard InChI is InChI=1S/C22H24ClN3O3/c1-4-14-7-6-8-15(5-2)19(14)24-18(27)13-26-20(28)22(3,25-21(26)29)16-9-11-17(23)12-10-16/h6-12H,4-5,13H2,1-3H3,(H,24,27)(H,25,29). The molecule has 1 atom stereocenters. The second-order valence-corrected chi connectivity index (χ2v) is 7.60. The minimum Gasteiger partial charge on any atom is -0.324 e. The van der Waals surface area contributed by atoms with E-state index in [0.717, 1.165) is 34.6 Å². The molecule has 3 rings (SSSR count). The van der Waals surface area contributed by atoms with E-state index in [9.17, 15) is 14.4 Å². The highest BCUT2D eigenvalue weighted by atomic mass is 35.5. The molecule has 1 heterocycles. The lowest BCUT2D eigenvalue weighted by Gasteiger charge is -2.22. The van der Waals surface area contributed by atoms with Crippen LogP contribution >= 0.6 is 11.6 Å². The Bertz CT molecular complexity index is 936. The van der Waals surface area contributed by atoms with Gasteiger partial charge in [0.25, 0.3) is 5.91 Å². The number of nitrogens with one attached hydrogen (secondary N) is 2. The predicted molar refractivity (Wildman–Crippen MR) is 113 cm³/mol. The van der Waals surface area contributed by atoms with Gasteiger partial charge in [-0.2, -0.15) is 0 Å². The van der Waals surface area contributed by atoms with Gasteiger partial charge in [0, 0.05) is 10.7 Å². The van der Waals surface area contributed by atoms with Crippen LogP contribution < -0.4 is 10.6 Å². The summed E-state index contributed by atoms with van der Waals surface area (Å²) in [5.74, 6) is -0.885. The van der Waals surface area contributed by atoms with Crippen LogP contribution in [0.2, 0.25) is 5.02 Å². The SMILES string of the molecule is CCc1cccc(CC)c1NC(=O)CN1C(=O)NC(C)(c2ccc(Cl)cc2)C1=O. The number of anilines is 1. The van der Waals surface area contributed by atoms with Crippen LogP contribution in [-0.4, -0.2) is 29.3 Å². The van der Waals surface area contributed by atoms with Crippen molar-refractivity contribution < 1.29 is 14.4 Å². The van der Waals surface area contributed by atoms with E-state index < -0.39 is 23.4 Å².